The van der Waals surface area contributed by atoms with Gasteiger partial charge in [-0.25, -0.2) is 15.0 Å². The van der Waals surface area contributed by atoms with Crippen LogP contribution in [0.5, 0.6) is 5.75 Å². The number of benzene rings is 1. The number of ether oxygens (including phenoxy) is 1. The predicted molar refractivity (Wildman–Crippen MR) is 107 cm³/mol. The van der Waals surface area contributed by atoms with Gasteiger partial charge in [-0.1, -0.05) is 12.1 Å². The number of nitrogens with zero attached hydrogens (tertiary/aromatic N) is 3. The fourth-order valence-electron chi connectivity index (χ4n) is 3.33. The molecule has 6 heteroatoms. The Bertz CT molecular complexity index is 1000. The molecule has 3 aromatic rings. The monoisotopic (exact) mass is 362 g/mol. The summed E-state index contributed by atoms with van der Waals surface area (Å²) in [6, 6.07) is 16.0. The van der Waals surface area contributed by atoms with Crippen molar-refractivity contribution >= 4 is 34.1 Å². The van der Waals surface area contributed by atoms with Gasteiger partial charge >= 0.3 is 0 Å². The predicted octanol–water partition coefficient (Wildman–Crippen LogP) is 3.81. The van der Waals surface area contributed by atoms with Gasteiger partial charge in [-0.3, -0.25) is 0 Å². The Hall–Kier alpha value is -2.86. The third kappa shape index (κ3) is 3.04. The Labute approximate surface area is 157 Å². The fourth-order valence-corrected chi connectivity index (χ4v) is 3.60. The van der Waals surface area contributed by atoms with Crippen molar-refractivity contribution in [2.24, 2.45) is 4.99 Å². The van der Waals surface area contributed by atoms with Crippen LogP contribution in [0.15, 0.2) is 59.7 Å². The zero-order chi connectivity index (χ0) is 18.1. The molecule has 0 aliphatic carbocycles. The molecular weight excluding hydrogens is 344 g/mol. The van der Waals surface area contributed by atoms with E-state index in [-0.39, 0.29) is 12.0 Å². The fraction of sp³-hybridized carbons (Fsp3) is 0.200. The molecule has 1 aliphatic heterocycles. The van der Waals surface area contributed by atoms with Crippen LogP contribution in [-0.4, -0.2) is 27.9 Å². The van der Waals surface area contributed by atoms with E-state index in [1.807, 2.05) is 49.4 Å². The average molecular weight is 362 g/mol. The molecule has 1 aliphatic rings. The van der Waals surface area contributed by atoms with Crippen molar-refractivity contribution in [1.29, 1.82) is 0 Å². The molecule has 2 atom stereocenters. The van der Waals surface area contributed by atoms with Crippen molar-refractivity contribution in [3.63, 3.8) is 0 Å². The topological polar surface area (TPSA) is 59.4 Å². The van der Waals surface area contributed by atoms with Crippen molar-refractivity contribution in [1.82, 2.24) is 15.3 Å². The summed E-state index contributed by atoms with van der Waals surface area (Å²) in [6.07, 6.45) is 1.76. The van der Waals surface area contributed by atoms with E-state index in [9.17, 15) is 0 Å². The second-order valence-corrected chi connectivity index (χ2v) is 6.60. The van der Waals surface area contributed by atoms with Gasteiger partial charge in [0.1, 0.15) is 5.75 Å². The number of methoxy groups -OCH3 is 1. The molecule has 3 heterocycles. The lowest BCUT2D eigenvalue weighted by Gasteiger charge is -2.32. The first-order valence-corrected chi connectivity index (χ1v) is 8.78. The van der Waals surface area contributed by atoms with Gasteiger partial charge in [0.25, 0.3) is 0 Å². The molecule has 2 aromatic heterocycles. The molecule has 26 heavy (non-hydrogen) atoms. The van der Waals surface area contributed by atoms with Crippen molar-refractivity contribution in [3.8, 4) is 5.75 Å². The van der Waals surface area contributed by atoms with Gasteiger partial charge in [0.2, 0.25) is 0 Å². The van der Waals surface area contributed by atoms with Crippen LogP contribution >= 0.6 is 12.2 Å². The second kappa shape index (κ2) is 6.80. The highest BCUT2D eigenvalue weighted by atomic mass is 32.1. The number of fused-ring (bicyclic) bond motifs is 1. The number of hydrogen-bond acceptors (Lipinski definition) is 4. The summed E-state index contributed by atoms with van der Waals surface area (Å²) < 4.78 is 5.27. The van der Waals surface area contributed by atoms with Crippen molar-refractivity contribution in [2.45, 2.75) is 18.9 Å². The van der Waals surface area contributed by atoms with E-state index in [2.05, 4.69) is 21.4 Å². The number of nitrogens with one attached hydrogen (secondary N) is 1. The minimum atomic E-state index is -0.0421. The van der Waals surface area contributed by atoms with Crippen molar-refractivity contribution in [3.05, 3.63) is 66.0 Å². The average Bonchev–Trinajstić information content (AvgIpc) is 2.67. The molecule has 0 spiro atoms. The summed E-state index contributed by atoms with van der Waals surface area (Å²) in [7, 11) is 1.66. The lowest BCUT2D eigenvalue weighted by atomic mass is 9.85. The first-order valence-electron chi connectivity index (χ1n) is 8.37. The molecular formula is C20H18N4OS. The van der Waals surface area contributed by atoms with Crippen LogP contribution in [0.2, 0.25) is 0 Å². The molecule has 2 unspecified atom stereocenters. The van der Waals surface area contributed by atoms with E-state index in [0.29, 0.717) is 5.11 Å². The Morgan fingerprint density at radius 2 is 1.88 bits per heavy atom. The van der Waals surface area contributed by atoms with E-state index in [1.54, 1.807) is 13.3 Å². The smallest absolute Gasteiger partial charge is 0.193 e. The van der Waals surface area contributed by atoms with E-state index in [0.717, 1.165) is 33.8 Å². The van der Waals surface area contributed by atoms with Crippen LogP contribution in [-0.2, 0) is 0 Å². The van der Waals surface area contributed by atoms with E-state index >= 15 is 0 Å². The summed E-state index contributed by atoms with van der Waals surface area (Å²) in [6.45, 7) is 2.00. The molecule has 0 bridgehead atoms. The molecule has 1 N–H and O–H groups in total. The summed E-state index contributed by atoms with van der Waals surface area (Å²) in [5.74, 6) is 0.795. The largest absolute Gasteiger partial charge is 0.497 e. The zero-order valence-electron chi connectivity index (χ0n) is 14.5. The normalized spacial score (nSPS) is 19.8. The summed E-state index contributed by atoms with van der Waals surface area (Å²) in [5.41, 5.74) is 3.71. The first-order chi connectivity index (χ1) is 12.7. The molecule has 0 radical (unpaired) electrons. The molecule has 1 aromatic carbocycles. The maximum absolute atomic E-state index is 5.33. The van der Waals surface area contributed by atoms with Gasteiger partial charge < -0.3 is 10.1 Å². The van der Waals surface area contributed by atoms with E-state index < -0.39 is 0 Å². The van der Waals surface area contributed by atoms with Crippen molar-refractivity contribution in [2.75, 3.05) is 7.11 Å². The van der Waals surface area contributed by atoms with Crippen LogP contribution in [0.1, 0.15) is 30.1 Å². The number of hydrogen-bond donors (Lipinski definition) is 1. The van der Waals surface area contributed by atoms with E-state index in [1.165, 1.54) is 0 Å². The lowest BCUT2D eigenvalue weighted by molar-refractivity contribution is 0.414. The van der Waals surface area contributed by atoms with Crippen molar-refractivity contribution < 1.29 is 4.74 Å². The van der Waals surface area contributed by atoms with Gasteiger partial charge in [-0.05, 0) is 61.1 Å². The molecule has 4 rings (SSSR count). The quantitative estimate of drug-likeness (QED) is 0.718. The first kappa shape index (κ1) is 16.6. The standard InChI is InChI=1S/C20H18N4OS/c1-12-17(16-10-7-14-4-3-11-21-19(14)23-16)18(24-20(26)22-12)13-5-8-15(25-2)9-6-13/h3-11,17-18H,1-2H3,(H,24,26). The minimum absolute atomic E-state index is 0.0264. The highest BCUT2D eigenvalue weighted by Gasteiger charge is 2.32. The number of aromatic nitrogens is 2. The van der Waals surface area contributed by atoms with Gasteiger partial charge in [0, 0.05) is 17.3 Å². The molecule has 0 saturated carbocycles. The number of aliphatic imine (C=N–C) groups is 1. The minimum Gasteiger partial charge on any atom is -0.497 e. The van der Waals surface area contributed by atoms with Gasteiger partial charge in [0.05, 0.1) is 24.8 Å². The zero-order valence-corrected chi connectivity index (χ0v) is 15.3. The molecule has 0 amide bonds. The summed E-state index contributed by atoms with van der Waals surface area (Å²) >= 11 is 5.33. The van der Waals surface area contributed by atoms with Crippen LogP contribution in [0, 0.1) is 0 Å². The number of rotatable bonds is 3. The molecule has 0 saturated heterocycles. The van der Waals surface area contributed by atoms with Crippen LogP contribution < -0.4 is 10.1 Å². The third-order valence-electron chi connectivity index (χ3n) is 4.62. The van der Waals surface area contributed by atoms with Crippen LogP contribution in [0.3, 0.4) is 0 Å². The van der Waals surface area contributed by atoms with Crippen LogP contribution in [0.25, 0.3) is 11.0 Å². The molecule has 130 valence electrons. The Morgan fingerprint density at radius 1 is 1.08 bits per heavy atom. The highest BCUT2D eigenvalue weighted by molar-refractivity contribution is 7.80. The second-order valence-electron chi connectivity index (χ2n) is 6.22. The maximum atomic E-state index is 5.33. The molecule has 5 nitrogen and oxygen atoms in total. The Balaban J connectivity index is 1.80. The van der Waals surface area contributed by atoms with Gasteiger partial charge in [-0.2, -0.15) is 0 Å². The summed E-state index contributed by atoms with van der Waals surface area (Å²) in [4.78, 5) is 13.6. The highest BCUT2D eigenvalue weighted by Crippen LogP contribution is 2.35. The van der Waals surface area contributed by atoms with Crippen LogP contribution in [0.4, 0.5) is 0 Å². The lowest BCUT2D eigenvalue weighted by Crippen LogP contribution is -2.38. The number of thiocarbonyl (C=S) groups is 1. The van der Waals surface area contributed by atoms with Gasteiger partial charge in [-0.15, -0.1) is 0 Å². The maximum Gasteiger partial charge on any atom is 0.193 e. The van der Waals surface area contributed by atoms with E-state index in [4.69, 9.17) is 21.9 Å². The van der Waals surface area contributed by atoms with Gasteiger partial charge in [0.15, 0.2) is 10.8 Å². The number of pyridine rings is 2. The third-order valence-corrected chi connectivity index (χ3v) is 4.83. The SMILES string of the molecule is COc1ccc(C2NC(=S)N=C(C)C2c2ccc3cccnc3n2)cc1. The molecule has 0 fully saturated rings. The Kier molecular flexibility index (Phi) is 4.34. The Morgan fingerprint density at radius 3 is 2.65 bits per heavy atom. The summed E-state index contributed by atoms with van der Waals surface area (Å²) in [5, 5.41) is 4.86.